The molecule has 1 aliphatic heterocycles. The molecule has 0 aliphatic carbocycles. The fraction of sp³-hybridized carbons (Fsp3) is 0.500. The summed E-state index contributed by atoms with van der Waals surface area (Å²) in [6.45, 7) is 1.74. The minimum atomic E-state index is 0.0683. The molecule has 1 heterocycles. The first-order valence-corrected chi connectivity index (χ1v) is 7.57. The molecule has 1 aromatic carbocycles. The molecule has 3 nitrogen and oxygen atoms in total. The van der Waals surface area contributed by atoms with Crippen molar-refractivity contribution >= 4 is 33.4 Å². The Morgan fingerprint density at radius 2 is 2.26 bits per heavy atom. The molecular weight excluding hydrogens is 328 g/mol. The molecule has 0 radical (unpaired) electrons. The highest BCUT2D eigenvalue weighted by atomic mass is 79.9. The second kappa shape index (κ2) is 6.25. The van der Waals surface area contributed by atoms with Crippen LogP contribution < -0.4 is 0 Å². The van der Waals surface area contributed by atoms with Gasteiger partial charge >= 0.3 is 0 Å². The van der Waals surface area contributed by atoms with E-state index in [0.717, 1.165) is 30.4 Å². The molecule has 0 N–H and O–H groups in total. The fourth-order valence-corrected chi connectivity index (χ4v) is 3.12. The average Bonchev–Trinajstić information content (AvgIpc) is 2.78. The van der Waals surface area contributed by atoms with Gasteiger partial charge in [-0.2, -0.15) is 0 Å². The van der Waals surface area contributed by atoms with Gasteiger partial charge in [0.25, 0.3) is 5.91 Å². The standard InChI is InChI=1S/C14H18BrClN2O/c1-17(2)9-11-4-3-7-18(11)14(19)12-8-10(16)5-6-13(12)15/h5-6,8,11H,3-4,7,9H2,1-2H3. The normalized spacial score (nSPS) is 19.2. The van der Waals surface area contributed by atoms with Crippen LogP contribution in [0.25, 0.3) is 0 Å². The highest BCUT2D eigenvalue weighted by molar-refractivity contribution is 9.10. The molecule has 0 aromatic heterocycles. The second-order valence-electron chi connectivity index (χ2n) is 5.18. The minimum Gasteiger partial charge on any atom is -0.334 e. The van der Waals surface area contributed by atoms with E-state index in [4.69, 9.17) is 11.6 Å². The molecule has 0 bridgehead atoms. The Morgan fingerprint density at radius 1 is 1.53 bits per heavy atom. The van der Waals surface area contributed by atoms with Gasteiger partial charge in [0, 0.05) is 28.6 Å². The zero-order valence-corrected chi connectivity index (χ0v) is 13.5. The van der Waals surface area contributed by atoms with Gasteiger partial charge in [0.2, 0.25) is 0 Å². The van der Waals surface area contributed by atoms with Crippen LogP contribution >= 0.6 is 27.5 Å². The molecule has 0 saturated carbocycles. The lowest BCUT2D eigenvalue weighted by Crippen LogP contribution is -2.41. The molecule has 1 saturated heterocycles. The Bertz CT molecular complexity index is 479. The van der Waals surface area contributed by atoms with Gasteiger partial charge < -0.3 is 9.80 Å². The third-order valence-corrected chi connectivity index (χ3v) is 4.30. The molecular formula is C14H18BrClN2O. The molecule has 1 aliphatic rings. The van der Waals surface area contributed by atoms with E-state index in [9.17, 15) is 4.79 Å². The number of rotatable bonds is 3. The molecule has 1 amide bonds. The van der Waals surface area contributed by atoms with Gasteiger partial charge in [-0.1, -0.05) is 11.6 Å². The van der Waals surface area contributed by atoms with Gasteiger partial charge in [0.05, 0.1) is 5.56 Å². The lowest BCUT2D eigenvalue weighted by molar-refractivity contribution is 0.0715. The molecule has 2 rings (SSSR count). The van der Waals surface area contributed by atoms with Crippen molar-refractivity contribution in [2.24, 2.45) is 0 Å². The Morgan fingerprint density at radius 3 is 2.95 bits per heavy atom. The van der Waals surface area contributed by atoms with E-state index in [1.54, 1.807) is 12.1 Å². The van der Waals surface area contributed by atoms with Crippen molar-refractivity contribution in [3.63, 3.8) is 0 Å². The number of carbonyl (C=O) groups is 1. The van der Waals surface area contributed by atoms with E-state index in [1.807, 2.05) is 25.1 Å². The van der Waals surface area contributed by atoms with Crippen LogP contribution in [0.3, 0.4) is 0 Å². The van der Waals surface area contributed by atoms with Crippen LogP contribution in [0.2, 0.25) is 5.02 Å². The van der Waals surface area contributed by atoms with Gasteiger partial charge in [0.15, 0.2) is 0 Å². The number of hydrogen-bond acceptors (Lipinski definition) is 2. The first-order chi connectivity index (χ1) is 8.99. The Hall–Kier alpha value is -0.580. The van der Waals surface area contributed by atoms with Gasteiger partial charge in [0.1, 0.15) is 0 Å². The fourth-order valence-electron chi connectivity index (χ4n) is 2.53. The van der Waals surface area contributed by atoms with Gasteiger partial charge in [-0.3, -0.25) is 4.79 Å². The van der Waals surface area contributed by atoms with E-state index >= 15 is 0 Å². The van der Waals surface area contributed by atoms with Crippen molar-refractivity contribution in [3.8, 4) is 0 Å². The van der Waals surface area contributed by atoms with Crippen LogP contribution in [0.15, 0.2) is 22.7 Å². The highest BCUT2D eigenvalue weighted by Gasteiger charge is 2.30. The number of nitrogens with zero attached hydrogens (tertiary/aromatic N) is 2. The lowest BCUT2D eigenvalue weighted by atomic mass is 10.1. The minimum absolute atomic E-state index is 0.0683. The summed E-state index contributed by atoms with van der Waals surface area (Å²) in [5, 5.41) is 0.593. The monoisotopic (exact) mass is 344 g/mol. The SMILES string of the molecule is CN(C)CC1CCCN1C(=O)c1cc(Cl)ccc1Br. The number of carbonyl (C=O) groups excluding carboxylic acids is 1. The Balaban J connectivity index is 2.20. The number of likely N-dealkylation sites (N-methyl/N-ethyl adjacent to an activating group) is 1. The summed E-state index contributed by atoms with van der Waals surface area (Å²) in [6, 6.07) is 5.64. The van der Waals surface area contributed by atoms with E-state index in [1.165, 1.54) is 0 Å². The number of halogens is 2. The Kier molecular flexibility index (Phi) is 4.87. The molecule has 1 atom stereocenters. The maximum absolute atomic E-state index is 12.6. The lowest BCUT2D eigenvalue weighted by Gasteiger charge is -2.27. The average molecular weight is 346 g/mol. The zero-order chi connectivity index (χ0) is 14.0. The van der Waals surface area contributed by atoms with E-state index < -0.39 is 0 Å². The molecule has 1 fully saturated rings. The highest BCUT2D eigenvalue weighted by Crippen LogP contribution is 2.26. The van der Waals surface area contributed by atoms with Crippen LogP contribution in [0.4, 0.5) is 0 Å². The summed E-state index contributed by atoms with van der Waals surface area (Å²) in [4.78, 5) is 16.7. The molecule has 19 heavy (non-hydrogen) atoms. The predicted molar refractivity (Wildman–Crippen MR) is 81.8 cm³/mol. The summed E-state index contributed by atoms with van der Waals surface area (Å²) >= 11 is 9.42. The van der Waals surface area contributed by atoms with E-state index in [0.29, 0.717) is 16.6 Å². The largest absolute Gasteiger partial charge is 0.334 e. The quantitative estimate of drug-likeness (QED) is 0.839. The molecule has 1 aromatic rings. The molecule has 104 valence electrons. The predicted octanol–water partition coefficient (Wildman–Crippen LogP) is 3.27. The number of amides is 1. The summed E-state index contributed by atoms with van der Waals surface area (Å²) < 4.78 is 0.803. The van der Waals surface area contributed by atoms with Crippen LogP contribution in [-0.2, 0) is 0 Å². The maximum atomic E-state index is 12.6. The van der Waals surface area contributed by atoms with Crippen LogP contribution in [0.1, 0.15) is 23.2 Å². The number of likely N-dealkylation sites (tertiary alicyclic amines) is 1. The molecule has 5 heteroatoms. The first-order valence-electron chi connectivity index (χ1n) is 6.40. The van der Waals surface area contributed by atoms with Crippen molar-refractivity contribution in [2.75, 3.05) is 27.2 Å². The van der Waals surface area contributed by atoms with E-state index in [-0.39, 0.29) is 5.91 Å². The van der Waals surface area contributed by atoms with Gasteiger partial charge in [-0.15, -0.1) is 0 Å². The third-order valence-electron chi connectivity index (χ3n) is 3.37. The van der Waals surface area contributed by atoms with Crippen molar-refractivity contribution in [3.05, 3.63) is 33.3 Å². The topological polar surface area (TPSA) is 23.6 Å². The second-order valence-corrected chi connectivity index (χ2v) is 6.47. The van der Waals surface area contributed by atoms with Crippen LogP contribution in [-0.4, -0.2) is 48.9 Å². The maximum Gasteiger partial charge on any atom is 0.255 e. The summed E-state index contributed by atoms with van der Waals surface area (Å²) in [7, 11) is 4.08. The summed E-state index contributed by atoms with van der Waals surface area (Å²) in [5.74, 6) is 0.0683. The molecule has 1 unspecified atom stereocenters. The van der Waals surface area contributed by atoms with Crippen molar-refractivity contribution < 1.29 is 4.79 Å². The number of hydrogen-bond donors (Lipinski definition) is 0. The van der Waals surface area contributed by atoms with Crippen LogP contribution in [0, 0.1) is 0 Å². The van der Waals surface area contributed by atoms with Crippen molar-refractivity contribution in [1.82, 2.24) is 9.80 Å². The Labute approximate surface area is 127 Å². The first kappa shape index (κ1) is 14.8. The summed E-state index contributed by atoms with van der Waals surface area (Å²) in [6.07, 6.45) is 2.14. The third kappa shape index (κ3) is 3.50. The smallest absolute Gasteiger partial charge is 0.255 e. The zero-order valence-electron chi connectivity index (χ0n) is 11.2. The van der Waals surface area contributed by atoms with Crippen molar-refractivity contribution in [1.29, 1.82) is 0 Å². The van der Waals surface area contributed by atoms with Crippen LogP contribution in [0.5, 0.6) is 0 Å². The summed E-state index contributed by atoms with van der Waals surface area (Å²) in [5.41, 5.74) is 0.651. The van der Waals surface area contributed by atoms with Crippen molar-refractivity contribution in [2.45, 2.75) is 18.9 Å². The van der Waals surface area contributed by atoms with Gasteiger partial charge in [-0.05, 0) is 61.1 Å². The van der Waals surface area contributed by atoms with Gasteiger partial charge in [-0.25, -0.2) is 0 Å². The molecule has 0 spiro atoms. The van der Waals surface area contributed by atoms with E-state index in [2.05, 4.69) is 20.8 Å². The number of benzene rings is 1.